The van der Waals surface area contributed by atoms with Crippen molar-refractivity contribution >= 4 is 5.97 Å². The van der Waals surface area contributed by atoms with Crippen LogP contribution >= 0.6 is 0 Å². The van der Waals surface area contributed by atoms with Crippen molar-refractivity contribution in [1.82, 2.24) is 0 Å². The third kappa shape index (κ3) is 2.47. The molecule has 0 bridgehead atoms. The van der Waals surface area contributed by atoms with Gasteiger partial charge < -0.3 is 4.74 Å². The number of carbonyl (C=O) groups is 1. The molecule has 0 N–H and O–H groups in total. The zero-order chi connectivity index (χ0) is 17.8. The predicted molar refractivity (Wildman–Crippen MR) is 96.4 cm³/mol. The summed E-state index contributed by atoms with van der Waals surface area (Å²) < 4.78 is 5.52. The number of carbonyl (C=O) groups excluding carboxylic acids is 1. The molecule has 4 rings (SSSR count). The molecule has 0 heterocycles. The Hall–Kier alpha value is -1.30. The van der Waals surface area contributed by atoms with Gasteiger partial charge in [-0.1, -0.05) is 25.5 Å². The average molecular weight is 341 g/mol. The van der Waals surface area contributed by atoms with Gasteiger partial charge in [-0.15, -0.1) is 0 Å². The minimum atomic E-state index is -0.148. The third-order valence-corrected chi connectivity index (χ3v) is 8.55. The maximum absolute atomic E-state index is 11.3. The molecule has 25 heavy (non-hydrogen) atoms. The Labute approximate surface area is 151 Å². The van der Waals surface area contributed by atoms with E-state index < -0.39 is 0 Å². The molecule has 3 saturated carbocycles. The smallest absolute Gasteiger partial charge is 0.302 e. The molecule has 0 aliphatic heterocycles. The second-order valence-corrected chi connectivity index (χ2v) is 9.54. The van der Waals surface area contributed by atoms with Crippen LogP contribution in [0.4, 0.5) is 0 Å². The van der Waals surface area contributed by atoms with Gasteiger partial charge in [0.15, 0.2) is 0 Å². The largest absolute Gasteiger partial charge is 0.462 e. The maximum Gasteiger partial charge on any atom is 0.302 e. The van der Waals surface area contributed by atoms with E-state index in [1.165, 1.54) is 32.6 Å². The lowest BCUT2D eigenvalue weighted by molar-refractivity contribution is -0.148. The van der Waals surface area contributed by atoms with Crippen molar-refractivity contribution in [2.24, 2.45) is 34.5 Å². The predicted octanol–water partition coefficient (Wildman–Crippen LogP) is 5.02. The Morgan fingerprint density at radius 3 is 2.72 bits per heavy atom. The molecule has 3 nitrogen and oxygen atoms in total. The van der Waals surface area contributed by atoms with Crippen LogP contribution < -0.4 is 0 Å². The van der Waals surface area contributed by atoms with Crippen molar-refractivity contribution in [2.75, 3.05) is 0 Å². The lowest BCUT2D eigenvalue weighted by atomic mass is 9.47. The lowest BCUT2D eigenvalue weighted by Crippen LogP contribution is -2.50. The molecule has 4 aliphatic carbocycles. The van der Waals surface area contributed by atoms with Gasteiger partial charge in [0.2, 0.25) is 0 Å². The minimum absolute atomic E-state index is 0.0803. The molecule has 0 amide bonds. The molecule has 3 fully saturated rings. The number of nitriles is 1. The van der Waals surface area contributed by atoms with Gasteiger partial charge >= 0.3 is 5.97 Å². The van der Waals surface area contributed by atoms with Crippen LogP contribution in [0.5, 0.6) is 0 Å². The highest BCUT2D eigenvalue weighted by atomic mass is 16.5. The van der Waals surface area contributed by atoms with Gasteiger partial charge in [0.25, 0.3) is 0 Å². The number of fused-ring (bicyclic) bond motifs is 5. The molecular formula is C22H31NO2. The van der Waals surface area contributed by atoms with Gasteiger partial charge in [0.1, 0.15) is 6.10 Å². The third-order valence-electron chi connectivity index (χ3n) is 8.55. The minimum Gasteiger partial charge on any atom is -0.462 e. The molecule has 7 atom stereocenters. The van der Waals surface area contributed by atoms with Crippen molar-refractivity contribution in [3.63, 3.8) is 0 Å². The molecule has 0 aromatic carbocycles. The monoisotopic (exact) mass is 341 g/mol. The Bertz CT molecular complexity index is 647. The van der Waals surface area contributed by atoms with Crippen molar-refractivity contribution in [3.8, 4) is 6.07 Å². The lowest BCUT2D eigenvalue weighted by Gasteiger charge is -2.57. The van der Waals surface area contributed by atoms with E-state index in [2.05, 4.69) is 26.0 Å². The van der Waals surface area contributed by atoms with Gasteiger partial charge in [-0.05, 0) is 73.5 Å². The summed E-state index contributed by atoms with van der Waals surface area (Å²) >= 11 is 0. The fourth-order valence-electron chi connectivity index (χ4n) is 7.18. The van der Waals surface area contributed by atoms with Crippen LogP contribution in [0.2, 0.25) is 0 Å². The molecule has 0 radical (unpaired) electrons. The SMILES string of the molecule is CC(=O)O[C@H]1CC[C@@]2(C)C(=CC[C@@H]3[C@H]4CC[C@@H](C#N)[C@]4(C)CC[C@H]32)C1. The number of nitrogens with zero attached hydrogens (tertiary/aromatic N) is 1. The summed E-state index contributed by atoms with van der Waals surface area (Å²) in [5.74, 6) is 2.33. The van der Waals surface area contributed by atoms with Crippen LogP contribution in [0.15, 0.2) is 11.6 Å². The molecule has 0 unspecified atom stereocenters. The summed E-state index contributed by atoms with van der Waals surface area (Å²) in [6.07, 6.45) is 11.6. The molecule has 0 aromatic rings. The molecule has 3 heteroatoms. The van der Waals surface area contributed by atoms with Crippen LogP contribution in [0.3, 0.4) is 0 Å². The van der Waals surface area contributed by atoms with E-state index >= 15 is 0 Å². The van der Waals surface area contributed by atoms with E-state index in [0.717, 1.165) is 43.4 Å². The number of hydrogen-bond donors (Lipinski definition) is 0. The second-order valence-electron chi connectivity index (χ2n) is 9.54. The van der Waals surface area contributed by atoms with Crippen molar-refractivity contribution in [2.45, 2.75) is 78.2 Å². The zero-order valence-corrected chi connectivity index (χ0v) is 15.9. The number of esters is 1. The zero-order valence-electron chi connectivity index (χ0n) is 15.9. The summed E-state index contributed by atoms with van der Waals surface area (Å²) in [5, 5.41) is 9.60. The Morgan fingerprint density at radius 1 is 1.20 bits per heavy atom. The van der Waals surface area contributed by atoms with Crippen LogP contribution in [-0.2, 0) is 9.53 Å². The van der Waals surface area contributed by atoms with Gasteiger partial charge in [0, 0.05) is 13.3 Å². The Balaban J connectivity index is 1.59. The van der Waals surface area contributed by atoms with Crippen molar-refractivity contribution in [1.29, 1.82) is 5.26 Å². The normalized spacial score (nSPS) is 48.4. The molecule has 0 spiro atoms. The topological polar surface area (TPSA) is 50.1 Å². The Morgan fingerprint density at radius 2 is 2.00 bits per heavy atom. The first kappa shape index (κ1) is 17.1. The first-order valence-electron chi connectivity index (χ1n) is 10.1. The summed E-state index contributed by atoms with van der Waals surface area (Å²) in [7, 11) is 0. The van der Waals surface area contributed by atoms with Gasteiger partial charge in [-0.2, -0.15) is 5.26 Å². The maximum atomic E-state index is 11.3. The van der Waals surface area contributed by atoms with Crippen molar-refractivity contribution in [3.05, 3.63) is 11.6 Å². The first-order chi connectivity index (χ1) is 11.9. The van der Waals surface area contributed by atoms with Crippen molar-refractivity contribution < 1.29 is 9.53 Å². The number of ether oxygens (including phenoxy) is 1. The van der Waals surface area contributed by atoms with E-state index in [1.54, 1.807) is 5.57 Å². The summed E-state index contributed by atoms with van der Waals surface area (Å²) in [4.78, 5) is 11.3. The highest BCUT2D eigenvalue weighted by Gasteiger charge is 2.58. The molecule has 0 saturated heterocycles. The summed E-state index contributed by atoms with van der Waals surface area (Å²) in [5.41, 5.74) is 2.07. The van der Waals surface area contributed by atoms with E-state index in [0.29, 0.717) is 0 Å². The number of hydrogen-bond acceptors (Lipinski definition) is 3. The molecule has 0 aromatic heterocycles. The standard InChI is InChI=1S/C22H31NO2/c1-14(24)25-17-8-10-21(2)15(12-17)4-6-18-19-7-5-16(13-23)22(19,3)11-9-20(18)21/h4,16-20H,5-12H2,1-3H3/t16-,17-,18+,19+,20+,21-,22-/m0/s1. The average Bonchev–Trinajstić information content (AvgIpc) is 2.91. The first-order valence-corrected chi connectivity index (χ1v) is 10.1. The van der Waals surface area contributed by atoms with E-state index in [1.807, 2.05) is 0 Å². The molecular weight excluding hydrogens is 310 g/mol. The van der Waals surface area contributed by atoms with Gasteiger partial charge in [0.05, 0.1) is 12.0 Å². The fourth-order valence-corrected chi connectivity index (χ4v) is 7.18. The summed E-state index contributed by atoms with van der Waals surface area (Å²) in [6.45, 7) is 6.39. The van der Waals surface area contributed by atoms with Crippen LogP contribution in [0.1, 0.15) is 72.1 Å². The van der Waals surface area contributed by atoms with Crippen LogP contribution in [0.25, 0.3) is 0 Å². The Kier molecular flexibility index (Phi) is 4.02. The van der Waals surface area contributed by atoms with E-state index in [4.69, 9.17) is 4.74 Å². The van der Waals surface area contributed by atoms with E-state index in [9.17, 15) is 10.1 Å². The van der Waals surface area contributed by atoms with Gasteiger partial charge in [-0.3, -0.25) is 4.79 Å². The quantitative estimate of drug-likeness (QED) is 0.497. The van der Waals surface area contributed by atoms with Crippen LogP contribution in [-0.4, -0.2) is 12.1 Å². The number of allylic oxidation sites excluding steroid dienone is 1. The highest BCUT2D eigenvalue weighted by Crippen LogP contribution is 2.66. The number of rotatable bonds is 1. The fraction of sp³-hybridized carbons (Fsp3) is 0.818. The summed E-state index contributed by atoms with van der Waals surface area (Å²) in [6, 6.07) is 2.63. The molecule has 4 aliphatic rings. The van der Waals surface area contributed by atoms with Gasteiger partial charge in [-0.25, -0.2) is 0 Å². The molecule has 136 valence electrons. The van der Waals surface area contributed by atoms with Crippen LogP contribution in [0, 0.1) is 45.8 Å². The second kappa shape index (κ2) is 5.86. The van der Waals surface area contributed by atoms with E-state index in [-0.39, 0.29) is 28.8 Å². The highest BCUT2D eigenvalue weighted by molar-refractivity contribution is 5.66.